The van der Waals surface area contributed by atoms with Crippen molar-refractivity contribution in [3.05, 3.63) is 194 Å². The van der Waals surface area contributed by atoms with Gasteiger partial charge in [0.1, 0.15) is 22.3 Å². The van der Waals surface area contributed by atoms with Gasteiger partial charge in [0.2, 0.25) is 0 Å². The van der Waals surface area contributed by atoms with E-state index in [9.17, 15) is 5.48 Å². The zero-order valence-electron chi connectivity index (χ0n) is 37.7. The molecule has 0 saturated heterocycles. The van der Waals surface area contributed by atoms with Gasteiger partial charge < -0.3 is 8.83 Å². The second-order valence-corrected chi connectivity index (χ2v) is 14.2. The van der Waals surface area contributed by atoms with Crippen LogP contribution in [0.1, 0.15) is 11.0 Å². The lowest BCUT2D eigenvalue weighted by atomic mass is 9.85. The Morgan fingerprint density at radius 2 is 0.839 bits per heavy atom. The minimum absolute atomic E-state index is 0.165. The van der Waals surface area contributed by atoms with Crippen molar-refractivity contribution in [2.75, 3.05) is 0 Å². The number of rotatable bonds is 4. The van der Waals surface area contributed by atoms with E-state index < -0.39 is 24.2 Å². The van der Waals surface area contributed by atoms with Crippen molar-refractivity contribution < 1.29 is 19.8 Å². The standard InChI is InChI=1S/C54H32O2/c1-2-15-39-33(11-1)12-10-21-40(39)34-23-25-35(26-24-34)51-41-16-3-5-18-43(41)52(44-19-6-4-17-42(44)51)38-14-9-13-36(31-38)37-27-28-46-50(32-37)56-49-30-29-48-53(54(46)49)45-20-7-8-22-47(45)55-48/h1-32H/i3D,4D,5D,6D,16D,17D,18D,19D. The van der Waals surface area contributed by atoms with Crippen LogP contribution >= 0.6 is 0 Å². The maximum absolute atomic E-state index is 9.45. The number of benzene rings is 10. The van der Waals surface area contributed by atoms with E-state index in [0.717, 1.165) is 71.3 Å². The van der Waals surface area contributed by atoms with E-state index in [0.29, 0.717) is 27.8 Å². The van der Waals surface area contributed by atoms with Crippen LogP contribution < -0.4 is 0 Å². The molecule has 0 unspecified atom stereocenters. The summed E-state index contributed by atoms with van der Waals surface area (Å²) in [4.78, 5) is 0. The Morgan fingerprint density at radius 1 is 0.321 bits per heavy atom. The van der Waals surface area contributed by atoms with Gasteiger partial charge in [0.25, 0.3) is 0 Å². The molecule has 0 aliphatic heterocycles. The number of hydrogen-bond donors (Lipinski definition) is 0. The molecule has 0 aliphatic rings. The van der Waals surface area contributed by atoms with Crippen molar-refractivity contribution in [2.24, 2.45) is 0 Å². The second-order valence-electron chi connectivity index (χ2n) is 14.2. The lowest BCUT2D eigenvalue weighted by Crippen LogP contribution is -1.91. The summed E-state index contributed by atoms with van der Waals surface area (Å²) in [7, 11) is 0. The van der Waals surface area contributed by atoms with E-state index in [1.807, 2.05) is 127 Å². The molecule has 0 bridgehead atoms. The molecular formula is C54H32O2. The van der Waals surface area contributed by atoms with Crippen LogP contribution in [0.15, 0.2) is 203 Å². The lowest BCUT2D eigenvalue weighted by molar-refractivity contribution is 0.663. The van der Waals surface area contributed by atoms with Gasteiger partial charge in [-0.2, -0.15) is 0 Å². The first-order valence-corrected chi connectivity index (χ1v) is 18.5. The summed E-state index contributed by atoms with van der Waals surface area (Å²) in [5, 5.41) is 6.71. The van der Waals surface area contributed by atoms with Gasteiger partial charge in [-0.05, 0) is 113 Å². The third-order valence-electron chi connectivity index (χ3n) is 11.1. The largest absolute Gasteiger partial charge is 0.456 e. The lowest BCUT2D eigenvalue weighted by Gasteiger charge is -2.18. The van der Waals surface area contributed by atoms with E-state index in [4.69, 9.17) is 14.3 Å². The maximum atomic E-state index is 9.45. The molecule has 2 heterocycles. The highest BCUT2D eigenvalue weighted by Gasteiger charge is 2.19. The molecule has 0 radical (unpaired) electrons. The molecule has 0 amide bonds. The molecule has 0 spiro atoms. The topological polar surface area (TPSA) is 26.3 Å². The van der Waals surface area contributed by atoms with Crippen molar-refractivity contribution >= 4 is 76.2 Å². The van der Waals surface area contributed by atoms with Crippen LogP contribution in [-0.4, -0.2) is 0 Å². The van der Waals surface area contributed by atoms with Crippen molar-refractivity contribution in [1.82, 2.24) is 0 Å². The summed E-state index contributed by atoms with van der Waals surface area (Å²) in [6, 6.07) is 44.2. The zero-order valence-corrected chi connectivity index (χ0v) is 29.7. The molecular weight excluding hydrogens is 681 g/mol. The van der Waals surface area contributed by atoms with Gasteiger partial charge in [-0.15, -0.1) is 0 Å². The summed E-state index contributed by atoms with van der Waals surface area (Å²) >= 11 is 0. The summed E-state index contributed by atoms with van der Waals surface area (Å²) in [6.07, 6.45) is 0. The Balaban J connectivity index is 1.10. The quantitative estimate of drug-likeness (QED) is 0.169. The summed E-state index contributed by atoms with van der Waals surface area (Å²) in [5.74, 6) is 0. The van der Waals surface area contributed by atoms with E-state index in [-0.39, 0.29) is 45.7 Å². The third kappa shape index (κ3) is 4.63. The summed E-state index contributed by atoms with van der Waals surface area (Å²) in [6.45, 7) is 0. The van der Waals surface area contributed by atoms with Gasteiger partial charge in [0.05, 0.1) is 11.0 Å². The highest BCUT2D eigenvalue weighted by atomic mass is 16.3. The average Bonchev–Trinajstić information content (AvgIpc) is 3.90. The van der Waals surface area contributed by atoms with Crippen LogP contribution in [0.3, 0.4) is 0 Å². The predicted molar refractivity (Wildman–Crippen MR) is 235 cm³/mol. The van der Waals surface area contributed by atoms with Crippen molar-refractivity contribution in [2.45, 2.75) is 0 Å². The molecule has 0 atom stereocenters. The fraction of sp³-hybridized carbons (Fsp3) is 0. The molecule has 2 heteroatoms. The van der Waals surface area contributed by atoms with Crippen molar-refractivity contribution in [1.29, 1.82) is 0 Å². The second kappa shape index (κ2) is 12.0. The molecule has 10 aromatic carbocycles. The predicted octanol–water partition coefficient (Wildman–Crippen LogP) is 15.6. The van der Waals surface area contributed by atoms with Crippen LogP contribution in [0.5, 0.6) is 0 Å². The number of fused-ring (bicyclic) bond motifs is 10. The number of furan rings is 2. The maximum Gasteiger partial charge on any atom is 0.136 e. The molecule has 0 fully saturated rings. The average molecular weight is 721 g/mol. The number of para-hydroxylation sites is 1. The Bertz CT molecular complexity index is 3910. The van der Waals surface area contributed by atoms with Crippen molar-refractivity contribution in [3.8, 4) is 44.5 Å². The monoisotopic (exact) mass is 720 g/mol. The fourth-order valence-corrected chi connectivity index (χ4v) is 8.61. The van der Waals surface area contributed by atoms with E-state index in [1.165, 1.54) is 0 Å². The van der Waals surface area contributed by atoms with Crippen LogP contribution in [0, 0.1) is 0 Å². The zero-order chi connectivity index (χ0) is 43.7. The van der Waals surface area contributed by atoms with Gasteiger partial charge in [0.15, 0.2) is 0 Å². The Kier molecular flexibility index (Phi) is 5.18. The number of hydrogen-bond acceptors (Lipinski definition) is 2. The van der Waals surface area contributed by atoms with Gasteiger partial charge in [-0.1, -0.05) is 158 Å². The molecule has 2 nitrogen and oxygen atoms in total. The van der Waals surface area contributed by atoms with E-state index in [2.05, 4.69) is 18.2 Å². The fourth-order valence-electron chi connectivity index (χ4n) is 8.61. The normalized spacial score (nSPS) is 13.9. The van der Waals surface area contributed by atoms with Gasteiger partial charge >= 0.3 is 0 Å². The molecule has 2 aromatic heterocycles. The highest BCUT2D eigenvalue weighted by molar-refractivity contribution is 6.26. The first-order chi connectivity index (χ1) is 31.1. The molecule has 12 aromatic rings. The SMILES string of the molecule is [2H]c1c([2H])c([2H])c2c(-c3cccc(-c4ccc5c(c4)oc4ccc6oc7ccccc7c6c45)c3)c3c([2H])c([2H])c([2H])c([2H])c3c(-c3ccc(-c4cccc5ccccc45)cc3)c2c1[2H]. The Morgan fingerprint density at radius 3 is 1.57 bits per heavy atom. The molecule has 260 valence electrons. The van der Waals surface area contributed by atoms with Crippen LogP contribution in [0.25, 0.3) is 121 Å². The molecule has 0 aliphatic carbocycles. The highest BCUT2D eigenvalue weighted by Crippen LogP contribution is 2.45. The van der Waals surface area contributed by atoms with Crippen molar-refractivity contribution in [3.63, 3.8) is 0 Å². The summed E-state index contributed by atoms with van der Waals surface area (Å²) in [5.41, 5.74) is 8.18. The van der Waals surface area contributed by atoms with Crippen LogP contribution in [0.4, 0.5) is 0 Å². The summed E-state index contributed by atoms with van der Waals surface area (Å²) < 4.78 is 85.9. The smallest absolute Gasteiger partial charge is 0.136 e. The molecule has 12 rings (SSSR count). The molecule has 0 saturated carbocycles. The van der Waals surface area contributed by atoms with Gasteiger partial charge in [-0.25, -0.2) is 0 Å². The van der Waals surface area contributed by atoms with Gasteiger partial charge in [-0.3, -0.25) is 0 Å². The minimum Gasteiger partial charge on any atom is -0.456 e. The van der Waals surface area contributed by atoms with Gasteiger partial charge in [0, 0.05) is 21.5 Å². The first-order valence-electron chi connectivity index (χ1n) is 22.5. The van der Waals surface area contributed by atoms with Crippen LogP contribution in [-0.2, 0) is 0 Å². The Hall–Kier alpha value is -7.42. The molecule has 56 heavy (non-hydrogen) atoms. The Labute approximate surface area is 333 Å². The minimum atomic E-state index is -0.442. The van der Waals surface area contributed by atoms with E-state index in [1.54, 1.807) is 0 Å². The van der Waals surface area contributed by atoms with Crippen LogP contribution in [0.2, 0.25) is 0 Å². The first kappa shape index (κ1) is 24.1. The third-order valence-corrected chi connectivity index (χ3v) is 11.1. The molecule has 0 N–H and O–H groups in total. The van der Waals surface area contributed by atoms with E-state index >= 15 is 0 Å².